The summed E-state index contributed by atoms with van der Waals surface area (Å²) in [6.07, 6.45) is 1.63. The third-order valence-electron chi connectivity index (χ3n) is 2.82. The van der Waals surface area contributed by atoms with Crippen molar-refractivity contribution in [2.24, 2.45) is 5.73 Å². The first-order valence-electron chi connectivity index (χ1n) is 6.80. The molecule has 0 radical (unpaired) electrons. The number of nitrogens with one attached hydrogen (secondary N) is 1. The highest BCUT2D eigenvalue weighted by atomic mass is 16.5. The summed E-state index contributed by atoms with van der Waals surface area (Å²) in [5.41, 5.74) is 6.68. The monoisotopic (exact) mass is 285 g/mol. The second kappa shape index (κ2) is 6.74. The number of carbonyl (C=O) groups excluding carboxylic acids is 1. The van der Waals surface area contributed by atoms with Crippen molar-refractivity contribution in [3.05, 3.63) is 53.7 Å². The molecular formula is C16H19N3O2. The SMILES string of the molecule is CC(C)Oc1ccc(CNc2ccc(C(N)=O)cn2)cc1. The van der Waals surface area contributed by atoms with Crippen molar-refractivity contribution in [3.8, 4) is 5.75 Å². The number of primary amides is 1. The Bertz CT molecular complexity index is 592. The number of ether oxygens (including phenoxy) is 1. The standard InChI is InChI=1S/C16H19N3O2/c1-11(2)21-14-6-3-12(4-7-14)9-18-15-8-5-13(10-19-15)16(17)20/h3-8,10-11H,9H2,1-2H3,(H2,17,20)(H,18,19). The molecule has 2 rings (SSSR count). The van der Waals surface area contributed by atoms with Crippen LogP contribution in [-0.2, 0) is 6.54 Å². The largest absolute Gasteiger partial charge is 0.491 e. The summed E-state index contributed by atoms with van der Waals surface area (Å²) in [6, 6.07) is 11.3. The first-order chi connectivity index (χ1) is 10.0. The van der Waals surface area contributed by atoms with Gasteiger partial charge in [0.05, 0.1) is 11.7 Å². The van der Waals surface area contributed by atoms with Crippen molar-refractivity contribution < 1.29 is 9.53 Å². The molecule has 1 aromatic heterocycles. The number of nitrogens with two attached hydrogens (primary N) is 1. The van der Waals surface area contributed by atoms with Crippen LogP contribution >= 0.6 is 0 Å². The number of rotatable bonds is 6. The van der Waals surface area contributed by atoms with Gasteiger partial charge in [-0.1, -0.05) is 12.1 Å². The van der Waals surface area contributed by atoms with E-state index >= 15 is 0 Å². The van der Waals surface area contributed by atoms with Gasteiger partial charge in [0, 0.05) is 12.7 Å². The van der Waals surface area contributed by atoms with Gasteiger partial charge >= 0.3 is 0 Å². The van der Waals surface area contributed by atoms with Crippen molar-refractivity contribution in [1.29, 1.82) is 0 Å². The number of anilines is 1. The fourth-order valence-electron chi connectivity index (χ4n) is 1.79. The van der Waals surface area contributed by atoms with Gasteiger partial charge in [0.1, 0.15) is 11.6 Å². The summed E-state index contributed by atoms with van der Waals surface area (Å²) in [5, 5.41) is 3.18. The Morgan fingerprint density at radius 3 is 2.48 bits per heavy atom. The van der Waals surface area contributed by atoms with Gasteiger partial charge in [0.2, 0.25) is 5.91 Å². The van der Waals surface area contributed by atoms with Crippen LogP contribution in [-0.4, -0.2) is 17.0 Å². The Hall–Kier alpha value is -2.56. The zero-order valence-corrected chi connectivity index (χ0v) is 12.2. The zero-order chi connectivity index (χ0) is 15.2. The van der Waals surface area contributed by atoms with E-state index in [2.05, 4.69) is 10.3 Å². The maximum atomic E-state index is 10.9. The molecule has 3 N–H and O–H groups in total. The van der Waals surface area contributed by atoms with Gasteiger partial charge in [-0.25, -0.2) is 4.98 Å². The lowest BCUT2D eigenvalue weighted by Gasteiger charge is -2.10. The highest BCUT2D eigenvalue weighted by molar-refractivity contribution is 5.92. The molecule has 2 aromatic rings. The Kier molecular flexibility index (Phi) is 4.77. The first kappa shape index (κ1) is 14.8. The molecule has 0 saturated heterocycles. The number of nitrogens with zero attached hydrogens (tertiary/aromatic N) is 1. The molecule has 110 valence electrons. The van der Waals surface area contributed by atoms with Crippen LogP contribution in [0.2, 0.25) is 0 Å². The second-order valence-corrected chi connectivity index (χ2v) is 4.96. The summed E-state index contributed by atoms with van der Waals surface area (Å²) in [6.45, 7) is 4.64. The minimum Gasteiger partial charge on any atom is -0.491 e. The summed E-state index contributed by atoms with van der Waals surface area (Å²) in [5.74, 6) is 1.08. The van der Waals surface area contributed by atoms with Gasteiger partial charge in [-0.05, 0) is 43.7 Å². The van der Waals surface area contributed by atoms with Crippen LogP contribution in [0, 0.1) is 0 Å². The molecule has 1 heterocycles. The minimum absolute atomic E-state index is 0.168. The minimum atomic E-state index is -0.477. The average Bonchev–Trinajstić information content (AvgIpc) is 2.46. The lowest BCUT2D eigenvalue weighted by atomic mass is 10.2. The molecule has 21 heavy (non-hydrogen) atoms. The zero-order valence-electron chi connectivity index (χ0n) is 12.2. The summed E-state index contributed by atoms with van der Waals surface area (Å²) >= 11 is 0. The molecule has 0 aliphatic heterocycles. The number of benzene rings is 1. The van der Waals surface area contributed by atoms with Crippen molar-refractivity contribution in [2.75, 3.05) is 5.32 Å². The van der Waals surface area contributed by atoms with E-state index in [9.17, 15) is 4.79 Å². The first-order valence-corrected chi connectivity index (χ1v) is 6.80. The third kappa shape index (κ3) is 4.49. The van der Waals surface area contributed by atoms with Crippen LogP contribution in [0.3, 0.4) is 0 Å². The summed E-state index contributed by atoms with van der Waals surface area (Å²) < 4.78 is 5.59. The Morgan fingerprint density at radius 1 is 1.24 bits per heavy atom. The summed E-state index contributed by atoms with van der Waals surface area (Å²) in [4.78, 5) is 15.1. The van der Waals surface area contributed by atoms with Crippen molar-refractivity contribution in [1.82, 2.24) is 4.98 Å². The highest BCUT2D eigenvalue weighted by Crippen LogP contribution is 2.15. The van der Waals surface area contributed by atoms with E-state index in [0.717, 1.165) is 11.3 Å². The number of pyridine rings is 1. The molecule has 0 unspecified atom stereocenters. The molecule has 0 saturated carbocycles. The van der Waals surface area contributed by atoms with Crippen molar-refractivity contribution in [3.63, 3.8) is 0 Å². The van der Waals surface area contributed by atoms with Crippen LogP contribution in [0.5, 0.6) is 5.75 Å². The van der Waals surface area contributed by atoms with Crippen LogP contribution in [0.1, 0.15) is 29.8 Å². The Morgan fingerprint density at radius 2 is 1.95 bits per heavy atom. The molecule has 0 aliphatic carbocycles. The molecule has 0 aliphatic rings. The number of carbonyl (C=O) groups is 1. The van der Waals surface area contributed by atoms with Gasteiger partial charge in [0.15, 0.2) is 0 Å². The molecule has 5 heteroatoms. The van der Waals surface area contributed by atoms with Gasteiger partial charge < -0.3 is 15.8 Å². The highest BCUT2D eigenvalue weighted by Gasteiger charge is 2.02. The van der Waals surface area contributed by atoms with E-state index in [1.165, 1.54) is 6.20 Å². The molecule has 0 atom stereocenters. The van der Waals surface area contributed by atoms with Crippen LogP contribution in [0.25, 0.3) is 0 Å². The van der Waals surface area contributed by atoms with Crippen LogP contribution in [0.4, 0.5) is 5.82 Å². The van der Waals surface area contributed by atoms with Crippen molar-refractivity contribution >= 4 is 11.7 Å². The predicted octanol–water partition coefficient (Wildman–Crippen LogP) is 2.58. The molecule has 1 amide bonds. The fourth-order valence-corrected chi connectivity index (χ4v) is 1.79. The van der Waals surface area contributed by atoms with Crippen LogP contribution in [0.15, 0.2) is 42.6 Å². The van der Waals surface area contributed by atoms with E-state index in [0.29, 0.717) is 17.9 Å². The molecular weight excluding hydrogens is 266 g/mol. The van der Waals surface area contributed by atoms with E-state index in [1.807, 2.05) is 38.1 Å². The number of hydrogen-bond donors (Lipinski definition) is 2. The van der Waals surface area contributed by atoms with E-state index in [1.54, 1.807) is 12.1 Å². The van der Waals surface area contributed by atoms with Gasteiger partial charge in [-0.15, -0.1) is 0 Å². The fraction of sp³-hybridized carbons (Fsp3) is 0.250. The predicted molar refractivity (Wildman–Crippen MR) is 82.3 cm³/mol. The third-order valence-corrected chi connectivity index (χ3v) is 2.82. The topological polar surface area (TPSA) is 77.2 Å². The normalized spacial score (nSPS) is 10.4. The molecule has 0 bridgehead atoms. The van der Waals surface area contributed by atoms with Gasteiger partial charge in [-0.2, -0.15) is 0 Å². The Labute approximate surface area is 124 Å². The Balaban J connectivity index is 1.91. The lowest BCUT2D eigenvalue weighted by Crippen LogP contribution is -2.11. The van der Waals surface area contributed by atoms with E-state index in [4.69, 9.17) is 10.5 Å². The molecule has 1 aromatic carbocycles. The maximum absolute atomic E-state index is 10.9. The molecule has 5 nitrogen and oxygen atoms in total. The smallest absolute Gasteiger partial charge is 0.250 e. The number of amides is 1. The average molecular weight is 285 g/mol. The quantitative estimate of drug-likeness (QED) is 0.855. The number of hydrogen-bond acceptors (Lipinski definition) is 4. The second-order valence-electron chi connectivity index (χ2n) is 4.96. The van der Waals surface area contributed by atoms with Gasteiger partial charge in [-0.3, -0.25) is 4.79 Å². The van der Waals surface area contributed by atoms with E-state index in [-0.39, 0.29) is 6.10 Å². The van der Waals surface area contributed by atoms with Gasteiger partial charge in [0.25, 0.3) is 0 Å². The van der Waals surface area contributed by atoms with E-state index < -0.39 is 5.91 Å². The molecule has 0 spiro atoms. The maximum Gasteiger partial charge on any atom is 0.250 e. The van der Waals surface area contributed by atoms with Crippen molar-refractivity contribution in [2.45, 2.75) is 26.5 Å². The summed E-state index contributed by atoms with van der Waals surface area (Å²) in [7, 11) is 0. The molecule has 0 fully saturated rings. The lowest BCUT2D eigenvalue weighted by molar-refractivity contribution is 0.1000. The van der Waals surface area contributed by atoms with Crippen LogP contribution < -0.4 is 15.8 Å². The number of aromatic nitrogens is 1.